The molecular formula is C23H21F3N4. The highest BCUT2D eigenvalue weighted by Crippen LogP contribution is 2.31. The van der Waals surface area contributed by atoms with E-state index in [9.17, 15) is 13.2 Å². The van der Waals surface area contributed by atoms with Crippen LogP contribution in [0.1, 0.15) is 25.0 Å². The van der Waals surface area contributed by atoms with Gasteiger partial charge in [0.1, 0.15) is 17.3 Å². The molecule has 1 aliphatic heterocycles. The summed E-state index contributed by atoms with van der Waals surface area (Å²) in [6.07, 6.45) is 6.77. The molecule has 1 aromatic carbocycles. The molecule has 1 aliphatic rings. The third kappa shape index (κ3) is 4.01. The van der Waals surface area contributed by atoms with E-state index in [0.29, 0.717) is 5.69 Å². The second-order valence-corrected chi connectivity index (χ2v) is 7.17. The van der Waals surface area contributed by atoms with Gasteiger partial charge in [-0.25, -0.2) is 18.2 Å². The van der Waals surface area contributed by atoms with Crippen molar-refractivity contribution < 1.29 is 13.2 Å². The first-order valence-corrected chi connectivity index (χ1v) is 9.81. The van der Waals surface area contributed by atoms with Gasteiger partial charge in [-0.15, -0.1) is 0 Å². The topological polar surface area (TPSA) is 41.1 Å². The van der Waals surface area contributed by atoms with Gasteiger partial charge in [0, 0.05) is 19.3 Å². The van der Waals surface area contributed by atoms with Crippen LogP contribution in [-0.2, 0) is 0 Å². The smallest absolute Gasteiger partial charge is 0.151 e. The molecule has 0 radical (unpaired) electrons. The molecule has 2 aromatic heterocycles. The lowest BCUT2D eigenvalue weighted by Gasteiger charge is -2.30. The summed E-state index contributed by atoms with van der Waals surface area (Å²) in [4.78, 5) is 10.6. The molecule has 0 unspecified atom stereocenters. The van der Waals surface area contributed by atoms with Gasteiger partial charge < -0.3 is 10.2 Å². The predicted octanol–water partition coefficient (Wildman–Crippen LogP) is 5.63. The van der Waals surface area contributed by atoms with Gasteiger partial charge in [-0.1, -0.05) is 12.6 Å². The van der Waals surface area contributed by atoms with Crippen LogP contribution >= 0.6 is 0 Å². The van der Waals surface area contributed by atoms with E-state index in [-0.39, 0.29) is 22.6 Å². The lowest BCUT2D eigenvalue weighted by Crippen LogP contribution is -2.30. The molecule has 7 heteroatoms. The number of nitrogens with one attached hydrogen (secondary N) is 1. The van der Waals surface area contributed by atoms with E-state index < -0.39 is 17.5 Å². The zero-order chi connectivity index (χ0) is 21.1. The number of piperidine rings is 1. The Kier molecular flexibility index (Phi) is 5.70. The predicted molar refractivity (Wildman–Crippen MR) is 113 cm³/mol. The maximum Gasteiger partial charge on any atom is 0.151 e. The average molecular weight is 410 g/mol. The minimum atomic E-state index is -0.765. The Morgan fingerprint density at radius 3 is 2.40 bits per heavy atom. The molecule has 0 amide bonds. The fourth-order valence-electron chi connectivity index (χ4n) is 3.65. The van der Waals surface area contributed by atoms with Gasteiger partial charge in [0.2, 0.25) is 0 Å². The largest absolute Gasteiger partial charge is 0.370 e. The Labute approximate surface area is 173 Å². The highest BCUT2D eigenvalue weighted by atomic mass is 19.1. The van der Waals surface area contributed by atoms with Crippen molar-refractivity contribution in [3.63, 3.8) is 0 Å². The third-order valence-corrected chi connectivity index (χ3v) is 5.13. The van der Waals surface area contributed by atoms with Crippen molar-refractivity contribution in [2.24, 2.45) is 0 Å². The van der Waals surface area contributed by atoms with E-state index in [0.717, 1.165) is 49.8 Å². The first kappa shape index (κ1) is 19.9. The Balaban J connectivity index is 1.65. The first-order chi connectivity index (χ1) is 14.5. The molecule has 3 heterocycles. The molecule has 0 saturated carbocycles. The zero-order valence-corrected chi connectivity index (χ0v) is 16.3. The van der Waals surface area contributed by atoms with Crippen LogP contribution in [0, 0.1) is 17.5 Å². The number of halogens is 3. The molecule has 0 spiro atoms. The molecular weight excluding hydrogens is 389 g/mol. The molecule has 1 N–H and O–H groups in total. The van der Waals surface area contributed by atoms with Gasteiger partial charge >= 0.3 is 0 Å². The highest BCUT2D eigenvalue weighted by Gasteiger charge is 2.18. The molecule has 0 atom stereocenters. The highest BCUT2D eigenvalue weighted by molar-refractivity contribution is 5.81. The molecule has 154 valence electrons. The average Bonchev–Trinajstić information content (AvgIpc) is 2.75. The molecule has 1 fully saturated rings. The van der Waals surface area contributed by atoms with Crippen molar-refractivity contribution in [2.45, 2.75) is 19.3 Å². The van der Waals surface area contributed by atoms with Gasteiger partial charge in [0.05, 0.1) is 34.5 Å². The molecule has 30 heavy (non-hydrogen) atoms. The second kappa shape index (κ2) is 8.57. The van der Waals surface area contributed by atoms with Gasteiger partial charge in [0.25, 0.3) is 0 Å². The maximum atomic E-state index is 14.5. The lowest BCUT2D eigenvalue weighted by molar-refractivity contribution is 0.578. The fourth-order valence-corrected chi connectivity index (χ4v) is 3.65. The standard InChI is InChI=1S/C23H21F3N4/c1-15(28-20-14-27-11-10-21(20)30-12-3-2-4-13-30)23-18(26)8-9-19(29-23)22-16(24)6-5-7-17(22)25/h5-11,14,28H,1-4,12-13H2. The number of aromatic nitrogens is 2. The number of nitrogens with zero attached hydrogens (tertiary/aromatic N) is 3. The van der Waals surface area contributed by atoms with Gasteiger partial charge in [0.15, 0.2) is 5.82 Å². The Morgan fingerprint density at radius 2 is 1.67 bits per heavy atom. The van der Waals surface area contributed by atoms with Crippen molar-refractivity contribution in [3.05, 3.63) is 78.5 Å². The van der Waals surface area contributed by atoms with Crippen LogP contribution in [-0.4, -0.2) is 23.1 Å². The van der Waals surface area contributed by atoms with Crippen LogP contribution in [0.25, 0.3) is 17.0 Å². The molecule has 0 aliphatic carbocycles. The van der Waals surface area contributed by atoms with E-state index >= 15 is 0 Å². The number of benzene rings is 1. The summed E-state index contributed by atoms with van der Waals surface area (Å²) < 4.78 is 42.8. The first-order valence-electron chi connectivity index (χ1n) is 9.81. The van der Waals surface area contributed by atoms with E-state index in [1.54, 1.807) is 12.4 Å². The van der Waals surface area contributed by atoms with E-state index in [2.05, 4.69) is 26.8 Å². The summed E-state index contributed by atoms with van der Waals surface area (Å²) in [5.74, 6) is -2.17. The number of rotatable bonds is 5. The summed E-state index contributed by atoms with van der Waals surface area (Å²) in [7, 11) is 0. The number of hydrogen-bond donors (Lipinski definition) is 1. The maximum absolute atomic E-state index is 14.5. The van der Waals surface area contributed by atoms with E-state index in [1.807, 2.05) is 6.07 Å². The van der Waals surface area contributed by atoms with Crippen LogP contribution in [0.5, 0.6) is 0 Å². The van der Waals surface area contributed by atoms with Crippen molar-refractivity contribution in [1.29, 1.82) is 0 Å². The summed E-state index contributed by atoms with van der Waals surface area (Å²) in [6, 6.07) is 7.81. The molecule has 4 nitrogen and oxygen atoms in total. The van der Waals surface area contributed by atoms with Gasteiger partial charge in [-0.05, 0) is 49.6 Å². The molecule has 3 aromatic rings. The summed E-state index contributed by atoms with van der Waals surface area (Å²) >= 11 is 0. The summed E-state index contributed by atoms with van der Waals surface area (Å²) in [6.45, 7) is 5.76. The molecule has 4 rings (SSSR count). The summed E-state index contributed by atoms with van der Waals surface area (Å²) in [5, 5.41) is 3.08. The number of anilines is 2. The monoisotopic (exact) mass is 410 g/mol. The lowest BCUT2D eigenvalue weighted by atomic mass is 10.1. The third-order valence-electron chi connectivity index (χ3n) is 5.13. The van der Waals surface area contributed by atoms with Crippen LogP contribution in [0.3, 0.4) is 0 Å². The fraction of sp³-hybridized carbons (Fsp3) is 0.217. The number of hydrogen-bond acceptors (Lipinski definition) is 4. The number of pyridine rings is 2. The van der Waals surface area contributed by atoms with Crippen molar-refractivity contribution >= 4 is 17.1 Å². The second-order valence-electron chi connectivity index (χ2n) is 7.17. The van der Waals surface area contributed by atoms with Crippen molar-refractivity contribution in [3.8, 4) is 11.3 Å². The molecule has 0 bridgehead atoms. The van der Waals surface area contributed by atoms with Crippen molar-refractivity contribution in [1.82, 2.24) is 9.97 Å². The van der Waals surface area contributed by atoms with Crippen LogP contribution in [0.4, 0.5) is 24.5 Å². The normalized spacial score (nSPS) is 13.9. The quantitative estimate of drug-likeness (QED) is 0.592. The Morgan fingerprint density at radius 1 is 0.933 bits per heavy atom. The van der Waals surface area contributed by atoms with Crippen LogP contribution in [0.15, 0.2) is 55.4 Å². The van der Waals surface area contributed by atoms with E-state index in [4.69, 9.17) is 0 Å². The summed E-state index contributed by atoms with van der Waals surface area (Å²) in [5.41, 5.74) is 1.38. The SMILES string of the molecule is C=C(Nc1cnccc1N1CCCCC1)c1nc(-c2c(F)cccc2F)ccc1F. The molecule has 1 saturated heterocycles. The van der Waals surface area contributed by atoms with Gasteiger partial charge in [-0.2, -0.15) is 0 Å². The van der Waals surface area contributed by atoms with Crippen molar-refractivity contribution in [2.75, 3.05) is 23.3 Å². The van der Waals surface area contributed by atoms with Crippen LogP contribution < -0.4 is 10.2 Å². The zero-order valence-electron chi connectivity index (χ0n) is 16.3. The van der Waals surface area contributed by atoms with Gasteiger partial charge in [-0.3, -0.25) is 4.98 Å². The Bertz CT molecular complexity index is 1060. The minimum absolute atomic E-state index is 0.00705. The minimum Gasteiger partial charge on any atom is -0.370 e. The van der Waals surface area contributed by atoms with Crippen LogP contribution in [0.2, 0.25) is 0 Å². The Hall–Kier alpha value is -3.35. The van der Waals surface area contributed by atoms with E-state index in [1.165, 1.54) is 18.6 Å².